The van der Waals surface area contributed by atoms with E-state index in [1.807, 2.05) is 6.07 Å². The minimum absolute atomic E-state index is 0.273. The maximum atomic E-state index is 11.8. The lowest BCUT2D eigenvalue weighted by Crippen LogP contribution is -2.13. The van der Waals surface area contributed by atoms with Crippen LogP contribution in [0.3, 0.4) is 0 Å². The van der Waals surface area contributed by atoms with Crippen LogP contribution in [0.25, 0.3) is 0 Å². The average molecular weight is 232 g/mol. The summed E-state index contributed by atoms with van der Waals surface area (Å²) in [4.78, 5) is 11.8. The molecule has 88 valence electrons. The molecule has 1 aromatic carbocycles. The number of carbonyl (C=O) groups is 1. The van der Waals surface area contributed by atoms with Gasteiger partial charge in [0.15, 0.2) is 0 Å². The third kappa shape index (κ3) is 2.36. The van der Waals surface area contributed by atoms with Crippen LogP contribution in [0.5, 0.6) is 5.75 Å². The predicted octanol–water partition coefficient (Wildman–Crippen LogP) is 1.25. The molecule has 0 aliphatic heterocycles. The molecule has 0 saturated carbocycles. The maximum Gasteiger partial charge on any atom is 0.273 e. The van der Waals surface area contributed by atoms with Crippen LogP contribution in [0, 0.1) is 0 Å². The summed E-state index contributed by atoms with van der Waals surface area (Å²) in [5, 5.41) is 8.92. The number of rotatable bonds is 3. The van der Waals surface area contributed by atoms with Gasteiger partial charge in [-0.2, -0.15) is 5.10 Å². The summed E-state index contributed by atoms with van der Waals surface area (Å²) in [7, 11) is 1.54. The molecule has 0 spiro atoms. The second kappa shape index (κ2) is 4.56. The fraction of sp³-hybridized carbons (Fsp3) is 0.0909. The molecule has 0 aliphatic rings. The zero-order chi connectivity index (χ0) is 12.3. The molecular formula is C11H12N4O2. The topological polar surface area (TPSA) is 93.0 Å². The highest BCUT2D eigenvalue weighted by molar-refractivity contribution is 6.04. The van der Waals surface area contributed by atoms with E-state index in [1.54, 1.807) is 25.3 Å². The third-order valence-corrected chi connectivity index (χ3v) is 2.20. The van der Waals surface area contributed by atoms with Crippen molar-refractivity contribution in [3.8, 4) is 5.75 Å². The van der Waals surface area contributed by atoms with Crippen molar-refractivity contribution in [1.29, 1.82) is 0 Å². The van der Waals surface area contributed by atoms with Gasteiger partial charge in [-0.25, -0.2) is 0 Å². The number of methoxy groups -OCH3 is 1. The van der Waals surface area contributed by atoms with Gasteiger partial charge in [0.25, 0.3) is 5.91 Å². The van der Waals surface area contributed by atoms with Crippen LogP contribution in [0.2, 0.25) is 0 Å². The largest absolute Gasteiger partial charge is 0.495 e. The molecule has 0 bridgehead atoms. The van der Waals surface area contributed by atoms with Crippen molar-refractivity contribution >= 4 is 17.4 Å². The van der Waals surface area contributed by atoms with E-state index >= 15 is 0 Å². The molecular weight excluding hydrogens is 220 g/mol. The molecule has 0 fully saturated rings. The molecule has 0 radical (unpaired) electrons. The molecule has 17 heavy (non-hydrogen) atoms. The first-order chi connectivity index (χ1) is 8.20. The Labute approximate surface area is 97.8 Å². The lowest BCUT2D eigenvalue weighted by Gasteiger charge is -2.08. The van der Waals surface area contributed by atoms with E-state index in [2.05, 4.69) is 15.5 Å². The van der Waals surface area contributed by atoms with E-state index in [1.165, 1.54) is 6.07 Å². The number of ether oxygens (including phenoxy) is 1. The van der Waals surface area contributed by atoms with E-state index in [-0.39, 0.29) is 11.7 Å². The van der Waals surface area contributed by atoms with Gasteiger partial charge in [0, 0.05) is 6.07 Å². The summed E-state index contributed by atoms with van der Waals surface area (Å²) >= 11 is 0. The molecule has 6 nitrogen and oxygen atoms in total. The summed E-state index contributed by atoms with van der Waals surface area (Å²) in [6.45, 7) is 0. The number of nitrogens with two attached hydrogens (primary N) is 1. The molecule has 1 amide bonds. The third-order valence-electron chi connectivity index (χ3n) is 2.20. The molecule has 6 heteroatoms. The Morgan fingerprint density at radius 3 is 2.88 bits per heavy atom. The summed E-state index contributed by atoms with van der Waals surface area (Å²) in [6, 6.07) is 8.60. The number of aromatic amines is 1. The number of amides is 1. The first-order valence-corrected chi connectivity index (χ1v) is 4.96. The number of carbonyl (C=O) groups excluding carboxylic acids is 1. The van der Waals surface area contributed by atoms with Gasteiger partial charge in [-0.3, -0.25) is 9.89 Å². The number of nitrogens with one attached hydrogen (secondary N) is 2. The first-order valence-electron chi connectivity index (χ1n) is 4.96. The number of nitrogen functional groups attached to an aromatic ring is 1. The Kier molecular flexibility index (Phi) is 2.95. The number of aromatic nitrogens is 2. The standard InChI is InChI=1S/C11H12N4O2/c1-17-9-5-3-2-4-7(9)13-11(16)8-6-10(12)15-14-8/h2-6H,1H3,(H,13,16)(H3,12,14,15). The fourth-order valence-corrected chi connectivity index (χ4v) is 1.39. The van der Waals surface area contributed by atoms with Crippen molar-refractivity contribution in [2.24, 2.45) is 0 Å². The minimum Gasteiger partial charge on any atom is -0.495 e. The summed E-state index contributed by atoms with van der Waals surface area (Å²) in [5.41, 5.74) is 6.31. The van der Waals surface area contributed by atoms with Gasteiger partial charge >= 0.3 is 0 Å². The Balaban J connectivity index is 2.18. The molecule has 4 N–H and O–H groups in total. The van der Waals surface area contributed by atoms with Gasteiger partial charge in [0.1, 0.15) is 17.3 Å². The predicted molar refractivity (Wildman–Crippen MR) is 63.9 cm³/mol. The number of benzene rings is 1. The minimum atomic E-state index is -0.321. The van der Waals surface area contributed by atoms with Crippen molar-refractivity contribution in [3.63, 3.8) is 0 Å². The Hall–Kier alpha value is -2.50. The van der Waals surface area contributed by atoms with E-state index < -0.39 is 0 Å². The second-order valence-corrected chi connectivity index (χ2v) is 3.36. The van der Waals surface area contributed by atoms with Crippen LogP contribution in [-0.2, 0) is 0 Å². The molecule has 0 unspecified atom stereocenters. The van der Waals surface area contributed by atoms with Crippen molar-refractivity contribution in [2.75, 3.05) is 18.2 Å². The number of hydrogen-bond acceptors (Lipinski definition) is 4. The van der Waals surface area contributed by atoms with Gasteiger partial charge in [-0.15, -0.1) is 0 Å². The highest BCUT2D eigenvalue weighted by Crippen LogP contribution is 2.23. The van der Waals surface area contributed by atoms with E-state index in [4.69, 9.17) is 10.5 Å². The summed E-state index contributed by atoms with van der Waals surface area (Å²) < 4.78 is 5.12. The SMILES string of the molecule is COc1ccccc1NC(=O)c1cc(N)n[nH]1. The van der Waals surface area contributed by atoms with E-state index in [0.29, 0.717) is 17.1 Å². The van der Waals surface area contributed by atoms with Crippen LogP contribution >= 0.6 is 0 Å². The lowest BCUT2D eigenvalue weighted by atomic mass is 10.3. The Bertz CT molecular complexity index is 536. The molecule has 0 atom stereocenters. The van der Waals surface area contributed by atoms with Crippen LogP contribution in [0.15, 0.2) is 30.3 Å². The zero-order valence-corrected chi connectivity index (χ0v) is 9.23. The highest BCUT2D eigenvalue weighted by Gasteiger charge is 2.11. The van der Waals surface area contributed by atoms with Crippen LogP contribution in [0.1, 0.15) is 10.5 Å². The average Bonchev–Trinajstić information content (AvgIpc) is 2.77. The van der Waals surface area contributed by atoms with Crippen LogP contribution < -0.4 is 15.8 Å². The van der Waals surface area contributed by atoms with E-state index in [9.17, 15) is 4.79 Å². The molecule has 2 rings (SSSR count). The van der Waals surface area contributed by atoms with Gasteiger partial charge in [0.2, 0.25) is 0 Å². The van der Waals surface area contributed by atoms with Gasteiger partial charge < -0.3 is 15.8 Å². The van der Waals surface area contributed by atoms with Crippen molar-refractivity contribution in [1.82, 2.24) is 10.2 Å². The maximum absolute atomic E-state index is 11.8. The van der Waals surface area contributed by atoms with Crippen molar-refractivity contribution in [3.05, 3.63) is 36.0 Å². The molecule has 0 saturated heterocycles. The van der Waals surface area contributed by atoms with Crippen LogP contribution in [-0.4, -0.2) is 23.2 Å². The molecule has 0 aliphatic carbocycles. The quantitative estimate of drug-likeness (QED) is 0.742. The van der Waals surface area contributed by atoms with E-state index in [0.717, 1.165) is 0 Å². The van der Waals surface area contributed by atoms with Gasteiger partial charge in [-0.1, -0.05) is 12.1 Å². The number of para-hydroxylation sites is 2. The highest BCUT2D eigenvalue weighted by atomic mass is 16.5. The summed E-state index contributed by atoms with van der Waals surface area (Å²) in [5.74, 6) is 0.544. The fourth-order valence-electron chi connectivity index (χ4n) is 1.39. The number of anilines is 2. The Morgan fingerprint density at radius 2 is 2.24 bits per heavy atom. The number of H-pyrrole nitrogens is 1. The van der Waals surface area contributed by atoms with Crippen LogP contribution in [0.4, 0.5) is 11.5 Å². The monoisotopic (exact) mass is 232 g/mol. The van der Waals surface area contributed by atoms with Gasteiger partial charge in [0.05, 0.1) is 12.8 Å². The first kappa shape index (κ1) is 11.0. The second-order valence-electron chi connectivity index (χ2n) is 3.36. The normalized spacial score (nSPS) is 9.94. The number of nitrogens with zero attached hydrogens (tertiary/aromatic N) is 1. The zero-order valence-electron chi connectivity index (χ0n) is 9.23. The van der Waals surface area contributed by atoms with Crippen molar-refractivity contribution < 1.29 is 9.53 Å². The smallest absolute Gasteiger partial charge is 0.273 e. The molecule has 1 aromatic heterocycles. The lowest BCUT2D eigenvalue weighted by molar-refractivity contribution is 0.102. The van der Waals surface area contributed by atoms with Crippen molar-refractivity contribution in [2.45, 2.75) is 0 Å². The Morgan fingerprint density at radius 1 is 1.47 bits per heavy atom. The summed E-state index contributed by atoms with van der Waals surface area (Å²) in [6.07, 6.45) is 0. The number of hydrogen-bond donors (Lipinski definition) is 3. The van der Waals surface area contributed by atoms with Gasteiger partial charge in [-0.05, 0) is 12.1 Å². The molecule has 1 heterocycles. The molecule has 2 aromatic rings.